The predicted octanol–water partition coefficient (Wildman–Crippen LogP) is 4.72. The molecule has 88 valence electrons. The zero-order chi connectivity index (χ0) is 12.1. The Hall–Kier alpha value is -0.310. The van der Waals surface area contributed by atoms with Crippen LogP contribution in [0.3, 0.4) is 0 Å². The van der Waals surface area contributed by atoms with Crippen molar-refractivity contribution in [2.24, 2.45) is 0 Å². The fourth-order valence-electron chi connectivity index (χ4n) is 1.67. The molecule has 1 nitrogen and oxygen atoms in total. The van der Waals surface area contributed by atoms with E-state index in [0.717, 1.165) is 28.0 Å². The molecule has 0 radical (unpaired) electrons. The molecule has 1 aromatic rings. The van der Waals surface area contributed by atoms with E-state index in [1.807, 2.05) is 25.1 Å². The number of benzene rings is 1. The van der Waals surface area contributed by atoms with Gasteiger partial charge in [-0.15, -0.1) is 6.58 Å². The first-order valence-electron chi connectivity index (χ1n) is 5.37. The van der Waals surface area contributed by atoms with E-state index in [-0.39, 0.29) is 6.04 Å². The minimum absolute atomic E-state index is 0.274. The van der Waals surface area contributed by atoms with Gasteiger partial charge in [-0.05, 0) is 43.7 Å². The summed E-state index contributed by atoms with van der Waals surface area (Å²) < 4.78 is 1.09. The van der Waals surface area contributed by atoms with Crippen LogP contribution >= 0.6 is 27.5 Å². The second kappa shape index (κ2) is 6.43. The van der Waals surface area contributed by atoms with Crippen molar-refractivity contribution in [1.82, 2.24) is 5.32 Å². The van der Waals surface area contributed by atoms with Crippen molar-refractivity contribution in [2.75, 3.05) is 6.54 Å². The van der Waals surface area contributed by atoms with Crippen molar-refractivity contribution in [1.29, 1.82) is 0 Å². The highest BCUT2D eigenvalue weighted by Crippen LogP contribution is 2.29. The summed E-state index contributed by atoms with van der Waals surface area (Å²) in [6.45, 7) is 9.04. The number of rotatable bonds is 5. The molecule has 0 aliphatic rings. The molecule has 1 atom stereocenters. The van der Waals surface area contributed by atoms with Gasteiger partial charge in [-0.2, -0.15) is 0 Å². The van der Waals surface area contributed by atoms with Gasteiger partial charge in [0.25, 0.3) is 0 Å². The van der Waals surface area contributed by atoms with Gasteiger partial charge in [0.15, 0.2) is 0 Å². The van der Waals surface area contributed by atoms with Gasteiger partial charge >= 0.3 is 0 Å². The Morgan fingerprint density at radius 2 is 2.25 bits per heavy atom. The van der Waals surface area contributed by atoms with Crippen molar-refractivity contribution < 1.29 is 0 Å². The fourth-order valence-corrected chi connectivity index (χ4v) is 2.37. The van der Waals surface area contributed by atoms with E-state index < -0.39 is 0 Å². The highest BCUT2D eigenvalue weighted by molar-refractivity contribution is 9.10. The molecule has 0 heterocycles. The van der Waals surface area contributed by atoms with Crippen LogP contribution in [-0.4, -0.2) is 6.54 Å². The zero-order valence-corrected chi connectivity index (χ0v) is 12.0. The van der Waals surface area contributed by atoms with Crippen molar-refractivity contribution >= 4 is 27.5 Å². The molecule has 0 fully saturated rings. The van der Waals surface area contributed by atoms with Gasteiger partial charge in [0.05, 0.1) is 0 Å². The van der Waals surface area contributed by atoms with E-state index in [2.05, 4.69) is 34.7 Å². The Bertz CT molecular complexity index is 376. The summed E-state index contributed by atoms with van der Waals surface area (Å²) in [4.78, 5) is 0. The SMILES string of the molecule is C=C(C)CC(NCC)c1cc(Cl)ccc1Br. The van der Waals surface area contributed by atoms with Crippen LogP contribution in [0, 0.1) is 0 Å². The van der Waals surface area contributed by atoms with Crippen LogP contribution in [0.4, 0.5) is 0 Å². The molecule has 0 aliphatic heterocycles. The Labute approximate surface area is 111 Å². The highest BCUT2D eigenvalue weighted by atomic mass is 79.9. The van der Waals surface area contributed by atoms with Crippen LogP contribution in [0.15, 0.2) is 34.8 Å². The standard InChI is InChI=1S/C13H17BrClN/c1-4-16-13(7-9(2)3)11-8-10(15)5-6-12(11)14/h5-6,8,13,16H,2,4,7H2,1,3H3. The molecule has 3 heteroatoms. The summed E-state index contributed by atoms with van der Waals surface area (Å²) >= 11 is 9.59. The third-order valence-corrected chi connectivity index (χ3v) is 3.29. The van der Waals surface area contributed by atoms with Gasteiger partial charge < -0.3 is 5.32 Å². The quantitative estimate of drug-likeness (QED) is 0.776. The van der Waals surface area contributed by atoms with E-state index in [9.17, 15) is 0 Å². The Balaban J connectivity index is 2.99. The fraction of sp³-hybridized carbons (Fsp3) is 0.385. The molecule has 1 N–H and O–H groups in total. The summed E-state index contributed by atoms with van der Waals surface area (Å²) in [5, 5.41) is 4.22. The van der Waals surface area contributed by atoms with Crippen molar-refractivity contribution in [2.45, 2.75) is 26.3 Å². The summed E-state index contributed by atoms with van der Waals surface area (Å²) in [7, 11) is 0. The van der Waals surface area contributed by atoms with E-state index in [0.29, 0.717) is 0 Å². The normalized spacial score (nSPS) is 12.5. The Morgan fingerprint density at radius 1 is 1.56 bits per heavy atom. The lowest BCUT2D eigenvalue weighted by Crippen LogP contribution is -2.21. The first kappa shape index (κ1) is 13.8. The second-order valence-electron chi connectivity index (χ2n) is 3.94. The number of hydrogen-bond acceptors (Lipinski definition) is 1. The summed E-state index contributed by atoms with van der Waals surface area (Å²) in [6.07, 6.45) is 0.923. The predicted molar refractivity (Wildman–Crippen MR) is 75.0 cm³/mol. The monoisotopic (exact) mass is 301 g/mol. The minimum atomic E-state index is 0.274. The average molecular weight is 303 g/mol. The van der Waals surface area contributed by atoms with E-state index in [4.69, 9.17) is 11.6 Å². The maximum atomic E-state index is 6.03. The Morgan fingerprint density at radius 3 is 2.81 bits per heavy atom. The lowest BCUT2D eigenvalue weighted by Gasteiger charge is -2.20. The van der Waals surface area contributed by atoms with E-state index in [1.165, 1.54) is 5.56 Å². The van der Waals surface area contributed by atoms with Crippen molar-refractivity contribution in [3.63, 3.8) is 0 Å². The van der Waals surface area contributed by atoms with Gasteiger partial charge in [0.1, 0.15) is 0 Å². The molecule has 0 aromatic heterocycles. The smallest absolute Gasteiger partial charge is 0.0410 e. The van der Waals surface area contributed by atoms with Crippen molar-refractivity contribution in [3.8, 4) is 0 Å². The van der Waals surface area contributed by atoms with Crippen LogP contribution in [0.5, 0.6) is 0 Å². The van der Waals surface area contributed by atoms with Crippen LogP contribution < -0.4 is 5.32 Å². The molecule has 0 saturated heterocycles. The summed E-state index contributed by atoms with van der Waals surface area (Å²) in [6, 6.07) is 6.15. The van der Waals surface area contributed by atoms with Crippen LogP contribution in [0.1, 0.15) is 31.9 Å². The highest BCUT2D eigenvalue weighted by Gasteiger charge is 2.13. The molecule has 1 aromatic carbocycles. The third kappa shape index (κ3) is 3.93. The maximum Gasteiger partial charge on any atom is 0.0410 e. The molecule has 1 rings (SSSR count). The maximum absolute atomic E-state index is 6.03. The van der Waals surface area contributed by atoms with Crippen molar-refractivity contribution in [3.05, 3.63) is 45.4 Å². The lowest BCUT2D eigenvalue weighted by molar-refractivity contribution is 0.546. The summed E-state index contributed by atoms with van der Waals surface area (Å²) in [5.41, 5.74) is 2.36. The molecule has 1 unspecified atom stereocenters. The second-order valence-corrected chi connectivity index (χ2v) is 5.23. The molecule has 0 spiro atoms. The molecule has 0 amide bonds. The van der Waals surface area contributed by atoms with Gasteiger partial charge in [-0.1, -0.05) is 40.0 Å². The first-order chi connectivity index (χ1) is 7.54. The molecule has 0 bridgehead atoms. The molecular formula is C13H17BrClN. The summed E-state index contributed by atoms with van der Waals surface area (Å²) in [5.74, 6) is 0. The Kier molecular flexibility index (Phi) is 5.53. The minimum Gasteiger partial charge on any atom is -0.310 e. The molecule has 0 saturated carbocycles. The zero-order valence-electron chi connectivity index (χ0n) is 9.69. The first-order valence-corrected chi connectivity index (χ1v) is 6.54. The topological polar surface area (TPSA) is 12.0 Å². The number of halogens is 2. The van der Waals surface area contributed by atoms with E-state index >= 15 is 0 Å². The van der Waals surface area contributed by atoms with Gasteiger partial charge in [0, 0.05) is 15.5 Å². The van der Waals surface area contributed by atoms with Gasteiger partial charge in [0.2, 0.25) is 0 Å². The van der Waals surface area contributed by atoms with Crippen LogP contribution in [0.25, 0.3) is 0 Å². The van der Waals surface area contributed by atoms with E-state index in [1.54, 1.807) is 0 Å². The average Bonchev–Trinajstić information content (AvgIpc) is 2.20. The lowest BCUT2D eigenvalue weighted by atomic mass is 10.0. The number of nitrogens with one attached hydrogen (secondary N) is 1. The molecular weight excluding hydrogens is 286 g/mol. The molecule has 0 aliphatic carbocycles. The van der Waals surface area contributed by atoms with Crippen LogP contribution in [0.2, 0.25) is 5.02 Å². The largest absolute Gasteiger partial charge is 0.310 e. The molecule has 16 heavy (non-hydrogen) atoms. The van der Waals surface area contributed by atoms with Crippen LogP contribution in [-0.2, 0) is 0 Å². The third-order valence-electron chi connectivity index (χ3n) is 2.34. The number of hydrogen-bond donors (Lipinski definition) is 1. The van der Waals surface area contributed by atoms with Gasteiger partial charge in [-0.25, -0.2) is 0 Å². The van der Waals surface area contributed by atoms with Gasteiger partial charge in [-0.3, -0.25) is 0 Å².